The number of benzene rings is 2. The Hall–Kier alpha value is -2.34. The highest BCUT2D eigenvalue weighted by molar-refractivity contribution is 8.00. The third-order valence-corrected chi connectivity index (χ3v) is 5.25. The van der Waals surface area contributed by atoms with Crippen molar-refractivity contribution in [1.29, 1.82) is 0 Å². The summed E-state index contributed by atoms with van der Waals surface area (Å²) in [5.74, 6) is 0.122. The highest BCUT2D eigenvalue weighted by atomic mass is 32.2. The Kier molecular flexibility index (Phi) is 6.50. The first-order valence-corrected chi connectivity index (χ1v) is 10.1. The monoisotopic (exact) mass is 386 g/mol. The first-order valence-electron chi connectivity index (χ1n) is 8.99. The van der Waals surface area contributed by atoms with Gasteiger partial charge in [0.1, 0.15) is 5.82 Å². The van der Waals surface area contributed by atoms with E-state index in [1.807, 2.05) is 36.1 Å². The van der Waals surface area contributed by atoms with Gasteiger partial charge in [0.05, 0.1) is 11.5 Å². The number of halogens is 1. The molecule has 1 saturated carbocycles. The van der Waals surface area contributed by atoms with Gasteiger partial charge in [0.15, 0.2) is 0 Å². The summed E-state index contributed by atoms with van der Waals surface area (Å²) in [5.41, 5.74) is 2.76. The van der Waals surface area contributed by atoms with Crippen molar-refractivity contribution in [2.75, 3.05) is 16.8 Å². The molecule has 2 aromatic rings. The molecule has 0 saturated heterocycles. The third kappa shape index (κ3) is 6.10. The summed E-state index contributed by atoms with van der Waals surface area (Å²) >= 11 is 1.32. The summed E-state index contributed by atoms with van der Waals surface area (Å²) in [7, 11) is 0. The Morgan fingerprint density at radius 1 is 1.15 bits per heavy atom. The predicted molar refractivity (Wildman–Crippen MR) is 107 cm³/mol. The van der Waals surface area contributed by atoms with Crippen molar-refractivity contribution in [1.82, 2.24) is 4.90 Å². The van der Waals surface area contributed by atoms with Crippen molar-refractivity contribution in [2.24, 2.45) is 0 Å². The maximum absolute atomic E-state index is 13.1. The van der Waals surface area contributed by atoms with Crippen LogP contribution in [-0.2, 0) is 16.1 Å². The van der Waals surface area contributed by atoms with Crippen LogP contribution in [0.15, 0.2) is 48.5 Å². The molecular weight excluding hydrogens is 363 g/mol. The minimum absolute atomic E-state index is 0.0233. The van der Waals surface area contributed by atoms with Gasteiger partial charge in [-0.2, -0.15) is 0 Å². The lowest BCUT2D eigenvalue weighted by molar-refractivity contribution is -0.129. The molecule has 1 fully saturated rings. The zero-order valence-corrected chi connectivity index (χ0v) is 16.1. The minimum atomic E-state index is -0.279. The van der Waals surface area contributed by atoms with E-state index in [9.17, 15) is 14.0 Å². The number of amides is 2. The SMILES string of the molecule is Cc1cccc(NC(=O)CSCC(=O)N(Cc2ccc(F)cc2)C2CC2)c1. The van der Waals surface area contributed by atoms with E-state index >= 15 is 0 Å². The second-order valence-electron chi connectivity index (χ2n) is 6.79. The van der Waals surface area contributed by atoms with Crippen LogP contribution in [0.25, 0.3) is 0 Å². The second-order valence-corrected chi connectivity index (χ2v) is 7.78. The van der Waals surface area contributed by atoms with Crippen molar-refractivity contribution in [3.8, 4) is 0 Å². The van der Waals surface area contributed by atoms with E-state index in [1.165, 1.54) is 23.9 Å². The van der Waals surface area contributed by atoms with E-state index in [0.717, 1.165) is 29.7 Å². The Morgan fingerprint density at radius 2 is 1.89 bits per heavy atom. The average Bonchev–Trinajstić information content (AvgIpc) is 3.46. The highest BCUT2D eigenvalue weighted by Crippen LogP contribution is 2.29. The van der Waals surface area contributed by atoms with Gasteiger partial charge in [-0.05, 0) is 55.2 Å². The number of hydrogen-bond acceptors (Lipinski definition) is 3. The minimum Gasteiger partial charge on any atom is -0.335 e. The van der Waals surface area contributed by atoms with Crippen LogP contribution in [0.1, 0.15) is 24.0 Å². The lowest BCUT2D eigenvalue weighted by Crippen LogP contribution is -2.34. The van der Waals surface area contributed by atoms with E-state index in [1.54, 1.807) is 12.1 Å². The van der Waals surface area contributed by atoms with Gasteiger partial charge in [0.2, 0.25) is 11.8 Å². The van der Waals surface area contributed by atoms with Crippen molar-refractivity contribution in [3.63, 3.8) is 0 Å². The van der Waals surface area contributed by atoms with Crippen LogP contribution in [0.3, 0.4) is 0 Å². The van der Waals surface area contributed by atoms with Crippen LogP contribution in [0.5, 0.6) is 0 Å². The van der Waals surface area contributed by atoms with Gasteiger partial charge in [0, 0.05) is 18.3 Å². The molecule has 2 amide bonds. The van der Waals surface area contributed by atoms with E-state index in [-0.39, 0.29) is 35.2 Å². The topological polar surface area (TPSA) is 49.4 Å². The number of carbonyl (C=O) groups excluding carboxylic acids is 2. The molecule has 0 aromatic heterocycles. The Bertz CT molecular complexity index is 806. The molecule has 27 heavy (non-hydrogen) atoms. The second kappa shape index (κ2) is 9.04. The molecule has 6 heteroatoms. The van der Waals surface area contributed by atoms with Crippen molar-refractivity contribution < 1.29 is 14.0 Å². The molecule has 0 aliphatic heterocycles. The molecule has 0 unspecified atom stereocenters. The van der Waals surface area contributed by atoms with Crippen molar-refractivity contribution in [3.05, 3.63) is 65.5 Å². The molecule has 0 spiro atoms. The summed E-state index contributed by atoms with van der Waals surface area (Å²) < 4.78 is 13.1. The number of thioether (sulfide) groups is 1. The van der Waals surface area contributed by atoms with E-state index in [0.29, 0.717) is 6.54 Å². The standard InChI is InChI=1S/C21H23FN2O2S/c1-15-3-2-4-18(11-15)23-20(25)13-27-14-21(26)24(19-9-10-19)12-16-5-7-17(22)8-6-16/h2-8,11,19H,9-10,12-14H2,1H3,(H,23,25). The molecule has 1 aliphatic rings. The fraction of sp³-hybridized carbons (Fsp3) is 0.333. The van der Waals surface area contributed by atoms with Crippen LogP contribution in [-0.4, -0.2) is 34.3 Å². The third-order valence-electron chi connectivity index (χ3n) is 4.33. The Morgan fingerprint density at radius 3 is 2.56 bits per heavy atom. The van der Waals surface area contributed by atoms with Gasteiger partial charge < -0.3 is 10.2 Å². The highest BCUT2D eigenvalue weighted by Gasteiger charge is 2.32. The number of rotatable bonds is 8. The van der Waals surface area contributed by atoms with Crippen LogP contribution >= 0.6 is 11.8 Å². The van der Waals surface area contributed by atoms with E-state index < -0.39 is 0 Å². The normalized spacial score (nSPS) is 13.3. The average molecular weight is 386 g/mol. The molecule has 0 atom stereocenters. The Balaban J connectivity index is 1.46. The molecule has 0 radical (unpaired) electrons. The molecule has 0 bridgehead atoms. The van der Waals surface area contributed by atoms with Crippen LogP contribution < -0.4 is 5.32 Å². The maximum Gasteiger partial charge on any atom is 0.234 e. The number of carbonyl (C=O) groups is 2. The van der Waals surface area contributed by atoms with Gasteiger partial charge in [-0.3, -0.25) is 9.59 Å². The van der Waals surface area contributed by atoms with Crippen molar-refractivity contribution in [2.45, 2.75) is 32.4 Å². The zero-order valence-electron chi connectivity index (χ0n) is 15.3. The van der Waals surface area contributed by atoms with Gasteiger partial charge in [-0.1, -0.05) is 24.3 Å². The first-order chi connectivity index (χ1) is 13.0. The largest absolute Gasteiger partial charge is 0.335 e. The molecule has 1 aliphatic carbocycles. The molecule has 2 aromatic carbocycles. The molecule has 142 valence electrons. The predicted octanol–water partition coefficient (Wildman–Crippen LogP) is 4.00. The molecule has 0 heterocycles. The first kappa shape index (κ1) is 19.4. The smallest absolute Gasteiger partial charge is 0.234 e. The lowest BCUT2D eigenvalue weighted by Gasteiger charge is -2.22. The summed E-state index contributed by atoms with van der Waals surface area (Å²) in [5, 5.41) is 2.85. The molecular formula is C21H23FN2O2S. The van der Waals surface area contributed by atoms with Gasteiger partial charge in [-0.25, -0.2) is 4.39 Å². The summed E-state index contributed by atoms with van der Waals surface area (Å²) in [6, 6.07) is 14.1. The van der Waals surface area contributed by atoms with Crippen LogP contribution in [0.2, 0.25) is 0 Å². The number of nitrogens with zero attached hydrogens (tertiary/aromatic N) is 1. The fourth-order valence-electron chi connectivity index (χ4n) is 2.83. The number of nitrogens with one attached hydrogen (secondary N) is 1. The summed E-state index contributed by atoms with van der Waals surface area (Å²) in [6.45, 7) is 2.45. The number of aryl methyl sites for hydroxylation is 1. The molecule has 1 N–H and O–H groups in total. The van der Waals surface area contributed by atoms with Gasteiger partial charge in [0.25, 0.3) is 0 Å². The van der Waals surface area contributed by atoms with E-state index in [4.69, 9.17) is 0 Å². The molecule has 3 rings (SSSR count). The van der Waals surface area contributed by atoms with Gasteiger partial charge >= 0.3 is 0 Å². The van der Waals surface area contributed by atoms with Gasteiger partial charge in [-0.15, -0.1) is 11.8 Å². The maximum atomic E-state index is 13.1. The van der Waals surface area contributed by atoms with E-state index in [2.05, 4.69) is 5.32 Å². The Labute approximate surface area is 163 Å². The van der Waals surface area contributed by atoms with Crippen LogP contribution in [0.4, 0.5) is 10.1 Å². The molecule has 4 nitrogen and oxygen atoms in total. The van der Waals surface area contributed by atoms with Crippen molar-refractivity contribution >= 4 is 29.3 Å². The summed E-state index contributed by atoms with van der Waals surface area (Å²) in [4.78, 5) is 26.5. The quantitative estimate of drug-likeness (QED) is 0.746. The number of hydrogen-bond donors (Lipinski definition) is 1. The lowest BCUT2D eigenvalue weighted by atomic mass is 10.2. The fourth-order valence-corrected chi connectivity index (χ4v) is 3.53. The summed E-state index contributed by atoms with van der Waals surface area (Å²) in [6.07, 6.45) is 2.01. The number of anilines is 1. The van der Waals surface area contributed by atoms with Crippen LogP contribution in [0, 0.1) is 12.7 Å². The zero-order chi connectivity index (χ0) is 19.2.